The molecule has 0 bridgehead atoms. The van der Waals surface area contributed by atoms with E-state index in [-0.39, 0.29) is 35.8 Å². The van der Waals surface area contributed by atoms with E-state index in [1.54, 1.807) is 21.0 Å². The van der Waals surface area contributed by atoms with Gasteiger partial charge in [-0.15, -0.1) is 0 Å². The zero-order valence-electron chi connectivity index (χ0n) is 34.5. The number of ether oxygens (including phenoxy) is 3. The van der Waals surface area contributed by atoms with E-state index < -0.39 is 29.4 Å². The smallest absolute Gasteiger partial charge is 0.319 e. The van der Waals surface area contributed by atoms with Crippen LogP contribution < -0.4 is 0 Å². The number of cyclic esters (lactones) is 1. The minimum absolute atomic E-state index is 0.00529. The van der Waals surface area contributed by atoms with Crippen LogP contribution in [-0.4, -0.2) is 133 Å². The van der Waals surface area contributed by atoms with Crippen LogP contribution in [0.4, 0.5) is 0 Å². The highest BCUT2D eigenvalue weighted by Gasteiger charge is 2.46. The van der Waals surface area contributed by atoms with Gasteiger partial charge in [-0.25, -0.2) is 0 Å². The fourth-order valence-corrected chi connectivity index (χ4v) is 7.13. The summed E-state index contributed by atoms with van der Waals surface area (Å²) < 4.78 is 16.9. The molecular weight excluding hydrogens is 622 g/mol. The molecule has 8 atom stereocenters. The summed E-state index contributed by atoms with van der Waals surface area (Å²) >= 11 is 0. The number of carbonyl (C=O) groups is 2. The normalized spacial score (nSPS) is 34.1. The second kappa shape index (κ2) is 22.7. The maximum Gasteiger partial charge on any atom is 0.319 e. The number of aliphatic hydroxyl groups excluding tert-OH is 2. The maximum absolute atomic E-state index is 13.4. The van der Waals surface area contributed by atoms with Crippen molar-refractivity contribution < 1.29 is 34.0 Å². The van der Waals surface area contributed by atoms with Gasteiger partial charge in [0.25, 0.3) is 0 Å². The molecule has 0 aromatic heterocycles. The number of esters is 1. The molecule has 0 aromatic rings. The average Bonchev–Trinajstić information content (AvgIpc) is 3.06. The van der Waals surface area contributed by atoms with Gasteiger partial charge in [-0.05, 0) is 126 Å². The number of carbonyl (C=O) groups excluding carboxylic acids is 2. The van der Waals surface area contributed by atoms with Crippen LogP contribution in [0.25, 0.3) is 0 Å². The molecule has 3 fully saturated rings. The Morgan fingerprint density at radius 3 is 2.00 bits per heavy atom. The van der Waals surface area contributed by atoms with Crippen LogP contribution in [0.15, 0.2) is 0 Å². The number of hydrogen-bond acceptors (Lipinski definition) is 10. The molecule has 3 heterocycles. The summed E-state index contributed by atoms with van der Waals surface area (Å²) in [5, 5.41) is 18.8. The zero-order chi connectivity index (χ0) is 38.3. The first kappa shape index (κ1) is 47.9. The van der Waals surface area contributed by atoms with E-state index in [0.29, 0.717) is 18.6 Å². The second-order valence-electron chi connectivity index (χ2n) is 15.6. The summed E-state index contributed by atoms with van der Waals surface area (Å²) in [4.78, 5) is 33.3. The van der Waals surface area contributed by atoms with Crippen molar-refractivity contribution in [3.05, 3.63) is 0 Å². The lowest BCUT2D eigenvalue weighted by molar-refractivity contribution is -0.230. The summed E-state index contributed by atoms with van der Waals surface area (Å²) in [5.41, 5.74) is -1.58. The van der Waals surface area contributed by atoms with Gasteiger partial charge >= 0.3 is 5.97 Å². The van der Waals surface area contributed by atoms with Gasteiger partial charge in [0.05, 0.1) is 11.7 Å². The van der Waals surface area contributed by atoms with Crippen LogP contribution >= 0.6 is 0 Å². The predicted molar refractivity (Wildman–Crippen MR) is 201 cm³/mol. The molecule has 0 radical (unpaired) electrons. The predicted octanol–water partition coefficient (Wildman–Crippen LogP) is 5.86. The van der Waals surface area contributed by atoms with Crippen molar-refractivity contribution in [2.45, 2.75) is 164 Å². The molecule has 4 unspecified atom stereocenters. The number of aliphatic hydroxyl groups is 2. The third-order valence-electron chi connectivity index (χ3n) is 11.0. The van der Waals surface area contributed by atoms with Gasteiger partial charge in [0.2, 0.25) is 0 Å². The second-order valence-corrected chi connectivity index (χ2v) is 15.6. The van der Waals surface area contributed by atoms with Crippen molar-refractivity contribution in [2.24, 2.45) is 23.2 Å². The fourth-order valence-electron chi connectivity index (χ4n) is 7.13. The van der Waals surface area contributed by atoms with Crippen molar-refractivity contribution in [3.8, 4) is 0 Å². The third kappa shape index (κ3) is 14.1. The summed E-state index contributed by atoms with van der Waals surface area (Å²) in [6.45, 7) is 27.6. The van der Waals surface area contributed by atoms with Gasteiger partial charge in [0, 0.05) is 31.2 Å². The molecule has 0 saturated carbocycles. The first-order valence-corrected chi connectivity index (χ1v) is 19.2. The number of likely N-dealkylation sites (N-methyl/N-ethyl adjacent to an activating group) is 2. The molecule has 10 heteroatoms. The molecule has 49 heavy (non-hydrogen) atoms. The molecule has 3 saturated heterocycles. The third-order valence-corrected chi connectivity index (χ3v) is 11.0. The van der Waals surface area contributed by atoms with Gasteiger partial charge in [-0.2, -0.15) is 0 Å². The molecule has 2 N–H and O–H groups in total. The molecule has 3 rings (SSSR count). The monoisotopic (exact) mass is 702 g/mol. The highest BCUT2D eigenvalue weighted by atomic mass is 16.6. The van der Waals surface area contributed by atoms with E-state index in [4.69, 9.17) is 14.2 Å². The summed E-state index contributed by atoms with van der Waals surface area (Å²) in [7, 11) is 7.66. The van der Waals surface area contributed by atoms with Crippen molar-refractivity contribution in [2.75, 3.05) is 54.5 Å². The van der Waals surface area contributed by atoms with Crippen LogP contribution in [0.2, 0.25) is 0 Å². The standard InChI is InChI=1S/C26H48N2O4.C8H17NO3.C3H8.C2H6/c1-18(2)28-15-11-21(12-16-28)22-17-32-24(30)25(5,6)23(29)19(3)20(4)26(7,31-9)13-10-14-27(22)8;1-5-4-6(9(2)3)7(10)8(11)12-5;1-3-2;1-2/h18-22H,10-17H2,1-9H3;5-8,10-11H,4H2,1-3H3;3H2,1-2H3;1-2H3/t19-,20-,22?,26-;5?,6?,7-,8?;;/m11../s1. The number of Topliss-reactive ketones (excluding diaryl/α,β-unsaturated/α-hetero) is 1. The number of ketones is 1. The Kier molecular flexibility index (Phi) is 22.2. The van der Waals surface area contributed by atoms with Crippen LogP contribution in [0.1, 0.15) is 122 Å². The maximum atomic E-state index is 13.4. The number of rotatable bonds is 4. The first-order chi connectivity index (χ1) is 22.8. The molecular formula is C39H79N3O7. The van der Waals surface area contributed by atoms with Gasteiger partial charge < -0.3 is 34.2 Å². The minimum Gasteiger partial charge on any atom is -0.463 e. The van der Waals surface area contributed by atoms with Gasteiger partial charge in [0.15, 0.2) is 12.1 Å². The van der Waals surface area contributed by atoms with E-state index in [0.717, 1.165) is 51.7 Å². The average molecular weight is 702 g/mol. The Labute approximate surface area is 301 Å². The van der Waals surface area contributed by atoms with E-state index >= 15 is 0 Å². The van der Waals surface area contributed by atoms with Crippen LogP contribution in [-0.2, 0) is 23.8 Å². The highest BCUT2D eigenvalue weighted by molar-refractivity contribution is 6.04. The number of nitrogens with zero attached hydrogens (tertiary/aromatic N) is 3. The molecule has 10 nitrogen and oxygen atoms in total. The summed E-state index contributed by atoms with van der Waals surface area (Å²) in [6, 6.07) is 0.724. The highest BCUT2D eigenvalue weighted by Crippen LogP contribution is 2.37. The Morgan fingerprint density at radius 2 is 1.53 bits per heavy atom. The van der Waals surface area contributed by atoms with Crippen LogP contribution in [0.5, 0.6) is 0 Å². The lowest BCUT2D eigenvalue weighted by Gasteiger charge is -2.41. The summed E-state index contributed by atoms with van der Waals surface area (Å²) in [5.74, 6) is -0.282. The van der Waals surface area contributed by atoms with E-state index in [1.807, 2.05) is 46.7 Å². The Bertz CT molecular complexity index is 924. The number of hydrogen-bond donors (Lipinski definition) is 2. The largest absolute Gasteiger partial charge is 0.463 e. The van der Waals surface area contributed by atoms with Crippen molar-refractivity contribution in [1.82, 2.24) is 14.7 Å². The van der Waals surface area contributed by atoms with E-state index in [9.17, 15) is 19.8 Å². The molecule has 292 valence electrons. The van der Waals surface area contributed by atoms with Crippen molar-refractivity contribution in [3.63, 3.8) is 0 Å². The molecule has 3 aliphatic heterocycles. The zero-order valence-corrected chi connectivity index (χ0v) is 34.5. The van der Waals surface area contributed by atoms with Crippen LogP contribution in [0.3, 0.4) is 0 Å². The SMILES string of the molecule is CC.CC1CC(N(C)C)[C@@H](O)C(O)O1.CCC.CO[C@]1(C)CCCN(C)C(C2CCN(C(C)C)CC2)COC(=O)C(C)(C)C(=O)[C@H](C)[C@H]1C. The van der Waals surface area contributed by atoms with E-state index in [2.05, 4.69) is 58.4 Å². The van der Waals surface area contributed by atoms with Gasteiger partial charge in [-0.1, -0.05) is 48.0 Å². The molecule has 0 aromatic carbocycles. The molecule has 0 amide bonds. The summed E-state index contributed by atoms with van der Waals surface area (Å²) in [6.07, 6.45) is 4.25. The molecule has 3 aliphatic rings. The minimum atomic E-state index is -1.17. The number of likely N-dealkylation sites (tertiary alicyclic amines) is 1. The molecule has 0 aliphatic carbocycles. The van der Waals surface area contributed by atoms with Crippen LogP contribution in [0, 0.1) is 23.2 Å². The van der Waals surface area contributed by atoms with Gasteiger partial charge in [-0.3, -0.25) is 14.5 Å². The lowest BCUT2D eigenvalue weighted by atomic mass is 9.71. The Balaban J connectivity index is 0.00000112. The number of piperidine rings is 1. The lowest BCUT2D eigenvalue weighted by Crippen LogP contribution is -2.53. The Morgan fingerprint density at radius 1 is 1.00 bits per heavy atom. The van der Waals surface area contributed by atoms with Gasteiger partial charge in [0.1, 0.15) is 18.1 Å². The van der Waals surface area contributed by atoms with E-state index in [1.165, 1.54) is 6.42 Å². The molecule has 0 spiro atoms. The Hall–Kier alpha value is -1.14. The quantitative estimate of drug-likeness (QED) is 0.273. The first-order valence-electron chi connectivity index (χ1n) is 19.2. The van der Waals surface area contributed by atoms with Crippen molar-refractivity contribution >= 4 is 11.8 Å². The fraction of sp³-hybridized carbons (Fsp3) is 0.949. The van der Waals surface area contributed by atoms with Crippen molar-refractivity contribution in [1.29, 1.82) is 0 Å². The number of methoxy groups -OCH3 is 1. The topological polar surface area (TPSA) is 112 Å².